The number of carbonyl (C=O) groups excluding carboxylic acids is 1. The van der Waals surface area contributed by atoms with Gasteiger partial charge in [0.05, 0.1) is 6.33 Å². The first-order valence-electron chi connectivity index (χ1n) is 5.91. The van der Waals surface area contributed by atoms with E-state index < -0.39 is 0 Å². The minimum atomic E-state index is 0.378. The minimum Gasteiger partial charge on any atom is -0.322 e. The van der Waals surface area contributed by atoms with Crippen LogP contribution in [0.15, 0.2) is 36.7 Å². The SMILES string of the molecule is O=CNc1ncn(Cc2ccccc2)c1-c1nn[nH]n1. The number of rotatable bonds is 5. The minimum absolute atomic E-state index is 0.378. The van der Waals surface area contributed by atoms with Crippen LogP contribution in [-0.4, -0.2) is 36.6 Å². The Morgan fingerprint density at radius 3 is 2.85 bits per heavy atom. The van der Waals surface area contributed by atoms with Crippen molar-refractivity contribution in [2.45, 2.75) is 6.54 Å². The van der Waals surface area contributed by atoms with Gasteiger partial charge in [0.2, 0.25) is 12.2 Å². The molecule has 0 saturated heterocycles. The van der Waals surface area contributed by atoms with E-state index in [1.807, 2.05) is 34.9 Å². The van der Waals surface area contributed by atoms with Gasteiger partial charge in [-0.2, -0.15) is 5.21 Å². The van der Waals surface area contributed by atoms with Crippen LogP contribution in [0.5, 0.6) is 0 Å². The number of nitrogens with zero attached hydrogens (tertiary/aromatic N) is 5. The molecular formula is C12H11N7O. The summed E-state index contributed by atoms with van der Waals surface area (Å²) < 4.78 is 1.85. The van der Waals surface area contributed by atoms with E-state index in [2.05, 4.69) is 30.9 Å². The third kappa shape index (κ3) is 2.26. The van der Waals surface area contributed by atoms with Crippen molar-refractivity contribution in [2.75, 3.05) is 5.32 Å². The van der Waals surface area contributed by atoms with Gasteiger partial charge in [-0.05, 0) is 10.8 Å². The molecule has 0 aliphatic heterocycles. The molecule has 2 N–H and O–H groups in total. The summed E-state index contributed by atoms with van der Waals surface area (Å²) in [5.41, 5.74) is 1.71. The molecule has 20 heavy (non-hydrogen) atoms. The number of aromatic nitrogens is 6. The lowest BCUT2D eigenvalue weighted by Gasteiger charge is -2.06. The number of nitrogens with one attached hydrogen (secondary N) is 2. The molecule has 8 nitrogen and oxygen atoms in total. The first kappa shape index (κ1) is 12.0. The lowest BCUT2D eigenvalue weighted by Crippen LogP contribution is -2.03. The molecule has 0 bridgehead atoms. The van der Waals surface area contributed by atoms with Crippen LogP contribution in [0.1, 0.15) is 5.56 Å². The molecule has 1 amide bonds. The lowest BCUT2D eigenvalue weighted by atomic mass is 10.2. The number of benzene rings is 1. The summed E-state index contributed by atoms with van der Waals surface area (Å²) in [6.07, 6.45) is 2.20. The molecule has 2 aromatic heterocycles. The Kier molecular flexibility index (Phi) is 3.19. The van der Waals surface area contributed by atoms with Crippen LogP contribution in [0.2, 0.25) is 0 Å². The topological polar surface area (TPSA) is 101 Å². The Labute approximate surface area is 113 Å². The summed E-state index contributed by atoms with van der Waals surface area (Å²) in [7, 11) is 0. The average Bonchev–Trinajstić information content (AvgIpc) is 3.10. The highest BCUT2D eigenvalue weighted by molar-refractivity contribution is 5.78. The molecule has 2 heterocycles. The van der Waals surface area contributed by atoms with Gasteiger partial charge in [-0.1, -0.05) is 30.3 Å². The predicted molar refractivity (Wildman–Crippen MR) is 70.6 cm³/mol. The fourth-order valence-corrected chi connectivity index (χ4v) is 1.94. The zero-order chi connectivity index (χ0) is 13.8. The van der Waals surface area contributed by atoms with Gasteiger partial charge in [0, 0.05) is 6.54 Å². The molecule has 0 saturated carbocycles. The van der Waals surface area contributed by atoms with Crippen molar-refractivity contribution in [3.8, 4) is 11.5 Å². The second-order valence-electron chi connectivity index (χ2n) is 4.05. The summed E-state index contributed by atoms with van der Waals surface area (Å²) in [5.74, 6) is 0.778. The van der Waals surface area contributed by atoms with E-state index in [4.69, 9.17) is 0 Å². The maximum Gasteiger partial charge on any atom is 0.224 e. The number of anilines is 1. The second-order valence-corrected chi connectivity index (χ2v) is 4.05. The number of hydrogen-bond acceptors (Lipinski definition) is 5. The van der Waals surface area contributed by atoms with Gasteiger partial charge >= 0.3 is 0 Å². The van der Waals surface area contributed by atoms with Gasteiger partial charge in [0.15, 0.2) is 5.82 Å². The molecular weight excluding hydrogens is 258 g/mol. The summed E-state index contributed by atoms with van der Waals surface area (Å²) in [5, 5.41) is 16.3. The van der Waals surface area contributed by atoms with Crippen LogP contribution in [0.4, 0.5) is 5.82 Å². The molecule has 3 aromatic rings. The van der Waals surface area contributed by atoms with Gasteiger partial charge in [0.25, 0.3) is 0 Å². The van der Waals surface area contributed by atoms with Crippen molar-refractivity contribution >= 4 is 12.2 Å². The molecule has 0 unspecified atom stereocenters. The van der Waals surface area contributed by atoms with Crippen molar-refractivity contribution in [2.24, 2.45) is 0 Å². The Hall–Kier alpha value is -3.03. The third-order valence-electron chi connectivity index (χ3n) is 2.79. The van der Waals surface area contributed by atoms with Crippen LogP contribution < -0.4 is 5.32 Å². The van der Waals surface area contributed by atoms with Gasteiger partial charge < -0.3 is 9.88 Å². The standard InChI is InChI=1S/C12H11N7O/c20-8-14-11-10(12-15-17-18-16-12)19(7-13-11)6-9-4-2-1-3-5-9/h1-5,7-8H,6H2,(H,14,20)(H,15,16,17,18). The Balaban J connectivity index is 2.01. The van der Waals surface area contributed by atoms with Gasteiger partial charge in [-0.3, -0.25) is 4.79 Å². The predicted octanol–water partition coefficient (Wildman–Crippen LogP) is 0.680. The van der Waals surface area contributed by atoms with Gasteiger partial charge in [0.1, 0.15) is 5.69 Å². The zero-order valence-corrected chi connectivity index (χ0v) is 10.4. The summed E-state index contributed by atoms with van der Waals surface area (Å²) in [6.45, 7) is 0.595. The van der Waals surface area contributed by atoms with Gasteiger partial charge in [-0.15, -0.1) is 10.2 Å². The van der Waals surface area contributed by atoms with E-state index in [1.165, 1.54) is 0 Å². The highest BCUT2D eigenvalue weighted by Crippen LogP contribution is 2.23. The maximum absolute atomic E-state index is 10.6. The van der Waals surface area contributed by atoms with E-state index in [0.29, 0.717) is 30.3 Å². The molecule has 0 fully saturated rings. The Morgan fingerprint density at radius 1 is 1.30 bits per heavy atom. The van der Waals surface area contributed by atoms with Crippen LogP contribution in [0.3, 0.4) is 0 Å². The molecule has 0 atom stereocenters. The van der Waals surface area contributed by atoms with Crippen LogP contribution >= 0.6 is 0 Å². The average molecular weight is 269 g/mol. The van der Waals surface area contributed by atoms with Crippen LogP contribution in [0.25, 0.3) is 11.5 Å². The highest BCUT2D eigenvalue weighted by Gasteiger charge is 2.16. The normalized spacial score (nSPS) is 10.4. The van der Waals surface area contributed by atoms with Gasteiger partial charge in [-0.25, -0.2) is 4.98 Å². The number of aromatic amines is 1. The largest absolute Gasteiger partial charge is 0.322 e. The summed E-state index contributed by atoms with van der Waals surface area (Å²) >= 11 is 0. The molecule has 3 rings (SSSR count). The Morgan fingerprint density at radius 2 is 2.15 bits per heavy atom. The molecule has 0 aliphatic carbocycles. The first-order valence-corrected chi connectivity index (χ1v) is 5.91. The Bertz CT molecular complexity index is 690. The number of amides is 1. The van der Waals surface area contributed by atoms with E-state index in [1.54, 1.807) is 6.33 Å². The zero-order valence-electron chi connectivity index (χ0n) is 10.4. The van der Waals surface area contributed by atoms with Crippen molar-refractivity contribution in [3.05, 3.63) is 42.2 Å². The van der Waals surface area contributed by atoms with Crippen molar-refractivity contribution in [1.82, 2.24) is 30.2 Å². The van der Waals surface area contributed by atoms with Crippen LogP contribution in [-0.2, 0) is 11.3 Å². The van der Waals surface area contributed by atoms with E-state index in [9.17, 15) is 4.79 Å². The highest BCUT2D eigenvalue weighted by atomic mass is 16.1. The van der Waals surface area contributed by atoms with Crippen molar-refractivity contribution < 1.29 is 4.79 Å². The molecule has 100 valence electrons. The van der Waals surface area contributed by atoms with Crippen LogP contribution in [0, 0.1) is 0 Å². The second kappa shape index (κ2) is 5.31. The summed E-state index contributed by atoms with van der Waals surface area (Å²) in [6, 6.07) is 9.90. The number of H-pyrrole nitrogens is 1. The van der Waals surface area contributed by atoms with Crippen molar-refractivity contribution in [3.63, 3.8) is 0 Å². The fourth-order valence-electron chi connectivity index (χ4n) is 1.94. The maximum atomic E-state index is 10.6. The van der Waals surface area contributed by atoms with E-state index >= 15 is 0 Å². The fraction of sp³-hybridized carbons (Fsp3) is 0.0833. The van der Waals surface area contributed by atoms with E-state index in [-0.39, 0.29) is 0 Å². The molecule has 8 heteroatoms. The van der Waals surface area contributed by atoms with Crippen molar-refractivity contribution in [1.29, 1.82) is 0 Å². The molecule has 0 radical (unpaired) electrons. The first-order chi connectivity index (χ1) is 9.88. The number of carbonyl (C=O) groups is 1. The third-order valence-corrected chi connectivity index (χ3v) is 2.79. The summed E-state index contributed by atoms with van der Waals surface area (Å²) in [4.78, 5) is 14.8. The number of imidazole rings is 1. The molecule has 1 aromatic carbocycles. The molecule has 0 spiro atoms. The smallest absolute Gasteiger partial charge is 0.224 e. The number of hydrogen-bond donors (Lipinski definition) is 2. The van der Waals surface area contributed by atoms with E-state index in [0.717, 1.165) is 5.56 Å². The monoisotopic (exact) mass is 269 g/mol. The lowest BCUT2D eigenvalue weighted by molar-refractivity contribution is -0.105. The molecule has 0 aliphatic rings. The quantitative estimate of drug-likeness (QED) is 0.663. The number of tetrazole rings is 1.